The second-order valence-electron chi connectivity index (χ2n) is 10.2. The van der Waals surface area contributed by atoms with Gasteiger partial charge in [-0.2, -0.15) is 15.0 Å². The number of phenolic OH excluding ortho intramolecular Hbond substituents is 1. The first-order chi connectivity index (χ1) is 23.4. The number of aromatic nitrogens is 3. The number of ether oxygens (including phenoxy) is 1. The van der Waals surface area contributed by atoms with Crippen LogP contribution in [0.15, 0.2) is 109 Å². The second-order valence-corrected chi connectivity index (χ2v) is 10.2. The van der Waals surface area contributed by atoms with Crippen molar-refractivity contribution >= 4 is 41.4 Å². The molecule has 0 saturated heterocycles. The van der Waals surface area contributed by atoms with Crippen molar-refractivity contribution in [1.82, 2.24) is 20.3 Å². The van der Waals surface area contributed by atoms with Gasteiger partial charge in [-0.1, -0.05) is 60.7 Å². The molecule has 1 atom stereocenters. The average Bonchev–Trinajstić information content (AvgIpc) is 3.12. The van der Waals surface area contributed by atoms with Gasteiger partial charge in [0.15, 0.2) is 0 Å². The molecule has 9 N–H and O–H groups in total. The number of carbonyl (C=O) groups is 2. The highest BCUT2D eigenvalue weighted by atomic mass is 16.5. The molecular weight excluding hydrogens is 610 g/mol. The molecule has 248 valence electrons. The summed E-state index contributed by atoms with van der Waals surface area (Å²) in [7, 11) is 0. The third-order valence-corrected chi connectivity index (χ3v) is 6.58. The monoisotopic (exact) mass is 649 g/mol. The molecule has 1 heterocycles. The van der Waals surface area contributed by atoms with E-state index in [9.17, 15) is 14.7 Å². The highest BCUT2D eigenvalue weighted by Crippen LogP contribution is 2.21. The standard InChI is InChI=1S/C27H30N8O3.C8H9NO/c28-14-16-38-17-15-29-25-33-26(35-27(34-25)32-22-10-12-23(36)13-11-22)31-21-8-6-20(7-9-21)24(37)30-18-19-4-2-1-3-5-19;9-8(6-10)7-4-2-1-3-5-7/h1-13,36H,14-18,28H2,(H,30,37)(H3,29,31,32,33,34,35);1-6,8H,9H2/t;8-/m.0/s1. The fourth-order valence-electron chi connectivity index (χ4n) is 4.13. The topological polar surface area (TPSA) is 202 Å². The zero-order valence-electron chi connectivity index (χ0n) is 26.3. The first-order valence-corrected chi connectivity index (χ1v) is 15.2. The predicted octanol–water partition coefficient (Wildman–Crippen LogP) is 4.27. The minimum absolute atomic E-state index is 0.158. The predicted molar refractivity (Wildman–Crippen MR) is 186 cm³/mol. The summed E-state index contributed by atoms with van der Waals surface area (Å²) >= 11 is 0. The summed E-state index contributed by atoms with van der Waals surface area (Å²) in [5.41, 5.74) is 14.7. The number of nitrogens with zero attached hydrogens (tertiary/aromatic N) is 3. The van der Waals surface area contributed by atoms with Crippen molar-refractivity contribution in [3.8, 4) is 5.75 Å². The van der Waals surface area contributed by atoms with Gasteiger partial charge >= 0.3 is 0 Å². The summed E-state index contributed by atoms with van der Waals surface area (Å²) in [6.45, 7) is 2.30. The molecule has 4 aromatic carbocycles. The number of nitrogens with two attached hydrogens (primary N) is 2. The van der Waals surface area contributed by atoms with Gasteiger partial charge in [-0.25, -0.2) is 0 Å². The van der Waals surface area contributed by atoms with E-state index >= 15 is 0 Å². The van der Waals surface area contributed by atoms with Crippen molar-refractivity contribution in [2.75, 3.05) is 42.3 Å². The molecule has 0 unspecified atom stereocenters. The summed E-state index contributed by atoms with van der Waals surface area (Å²) < 4.78 is 5.39. The van der Waals surface area contributed by atoms with Crippen molar-refractivity contribution in [3.05, 3.63) is 126 Å². The maximum Gasteiger partial charge on any atom is 0.251 e. The quantitative estimate of drug-likeness (QED) is 0.0483. The highest BCUT2D eigenvalue weighted by Gasteiger charge is 2.10. The van der Waals surface area contributed by atoms with E-state index in [1.165, 1.54) is 0 Å². The lowest BCUT2D eigenvalue weighted by atomic mass is 10.1. The molecular formula is C35H39N9O4. The van der Waals surface area contributed by atoms with E-state index in [1.54, 1.807) is 48.5 Å². The fraction of sp³-hybridized carbons (Fsp3) is 0.171. The molecule has 0 saturated carbocycles. The van der Waals surface area contributed by atoms with Crippen LogP contribution in [0.4, 0.5) is 29.2 Å². The van der Waals surface area contributed by atoms with Crippen LogP contribution in [0, 0.1) is 0 Å². The Kier molecular flexibility index (Phi) is 13.8. The van der Waals surface area contributed by atoms with Gasteiger partial charge in [0.2, 0.25) is 17.8 Å². The van der Waals surface area contributed by atoms with Gasteiger partial charge in [-0.15, -0.1) is 0 Å². The molecule has 0 radical (unpaired) electrons. The number of aldehydes is 1. The van der Waals surface area contributed by atoms with Gasteiger partial charge in [0.05, 0.1) is 19.3 Å². The van der Waals surface area contributed by atoms with Crippen molar-refractivity contribution in [2.45, 2.75) is 12.6 Å². The number of hydrogen-bond acceptors (Lipinski definition) is 12. The average molecular weight is 650 g/mol. The summed E-state index contributed by atoms with van der Waals surface area (Å²) in [6, 6.07) is 32.1. The van der Waals surface area contributed by atoms with Gasteiger partial charge in [-0.3, -0.25) is 4.79 Å². The number of rotatable bonds is 15. The maximum atomic E-state index is 12.5. The van der Waals surface area contributed by atoms with Crippen LogP contribution in [-0.2, 0) is 16.1 Å². The minimum Gasteiger partial charge on any atom is -0.508 e. The van der Waals surface area contributed by atoms with E-state index in [0.29, 0.717) is 67.6 Å². The van der Waals surface area contributed by atoms with Crippen LogP contribution in [-0.4, -0.2) is 58.6 Å². The van der Waals surface area contributed by atoms with Crippen LogP contribution < -0.4 is 32.7 Å². The molecule has 5 aromatic rings. The normalized spacial score (nSPS) is 11.0. The Morgan fingerprint density at radius 3 is 1.92 bits per heavy atom. The highest BCUT2D eigenvalue weighted by molar-refractivity contribution is 5.94. The fourth-order valence-corrected chi connectivity index (χ4v) is 4.13. The molecule has 1 amide bonds. The molecule has 0 bridgehead atoms. The number of aromatic hydroxyl groups is 1. The number of carbonyl (C=O) groups excluding carboxylic acids is 2. The van der Waals surface area contributed by atoms with Crippen molar-refractivity contribution in [1.29, 1.82) is 0 Å². The van der Waals surface area contributed by atoms with Crippen molar-refractivity contribution < 1.29 is 19.4 Å². The lowest BCUT2D eigenvalue weighted by molar-refractivity contribution is -0.109. The van der Waals surface area contributed by atoms with E-state index in [0.717, 1.165) is 17.4 Å². The second kappa shape index (κ2) is 18.9. The Balaban J connectivity index is 0.000000445. The first kappa shape index (κ1) is 35.0. The largest absolute Gasteiger partial charge is 0.508 e. The molecule has 48 heavy (non-hydrogen) atoms. The molecule has 0 aliphatic heterocycles. The van der Waals surface area contributed by atoms with Crippen molar-refractivity contribution in [2.24, 2.45) is 11.5 Å². The molecule has 0 spiro atoms. The Labute approximate surface area is 278 Å². The van der Waals surface area contributed by atoms with E-state index < -0.39 is 6.04 Å². The van der Waals surface area contributed by atoms with Gasteiger partial charge in [0.25, 0.3) is 5.91 Å². The molecule has 13 heteroatoms. The Hall–Kier alpha value is -5.89. The number of phenols is 1. The summed E-state index contributed by atoms with van der Waals surface area (Å²) in [5.74, 6) is 0.940. The molecule has 0 fully saturated rings. The van der Waals surface area contributed by atoms with Crippen LogP contribution >= 0.6 is 0 Å². The number of hydrogen-bond donors (Lipinski definition) is 7. The number of benzene rings is 4. The first-order valence-electron chi connectivity index (χ1n) is 15.2. The lowest BCUT2D eigenvalue weighted by Gasteiger charge is -2.12. The Morgan fingerprint density at radius 1 is 0.771 bits per heavy atom. The van der Waals surface area contributed by atoms with Gasteiger partial charge in [-0.05, 0) is 59.7 Å². The van der Waals surface area contributed by atoms with Crippen LogP contribution in [0.1, 0.15) is 27.5 Å². The van der Waals surface area contributed by atoms with Crippen LogP contribution in [0.2, 0.25) is 0 Å². The summed E-state index contributed by atoms with van der Waals surface area (Å²) in [4.78, 5) is 36.0. The SMILES string of the molecule is NCCOCCNc1nc(Nc2ccc(O)cc2)nc(Nc2ccc(C(=O)NCc3ccccc3)cc2)n1.N[C@@H](C=O)c1ccccc1. The van der Waals surface area contributed by atoms with Gasteiger partial charge < -0.3 is 47.4 Å². The minimum atomic E-state index is -0.471. The summed E-state index contributed by atoms with van der Waals surface area (Å²) in [5, 5.41) is 21.8. The van der Waals surface area contributed by atoms with Crippen LogP contribution in [0.3, 0.4) is 0 Å². The maximum absolute atomic E-state index is 12.5. The van der Waals surface area contributed by atoms with Crippen LogP contribution in [0.5, 0.6) is 5.75 Å². The number of nitrogens with one attached hydrogen (secondary N) is 4. The zero-order valence-corrected chi connectivity index (χ0v) is 26.3. The molecule has 1 aromatic heterocycles. The van der Waals surface area contributed by atoms with Gasteiger partial charge in [0.1, 0.15) is 12.0 Å². The zero-order chi connectivity index (χ0) is 34.0. The Morgan fingerprint density at radius 2 is 1.33 bits per heavy atom. The van der Waals surface area contributed by atoms with Crippen molar-refractivity contribution in [3.63, 3.8) is 0 Å². The Bertz CT molecular complexity index is 1690. The van der Waals surface area contributed by atoms with E-state index in [1.807, 2.05) is 60.7 Å². The molecule has 13 nitrogen and oxygen atoms in total. The molecule has 5 rings (SSSR count). The van der Waals surface area contributed by atoms with E-state index in [-0.39, 0.29) is 11.7 Å². The van der Waals surface area contributed by atoms with Crippen LogP contribution in [0.25, 0.3) is 0 Å². The van der Waals surface area contributed by atoms with E-state index in [4.69, 9.17) is 16.2 Å². The van der Waals surface area contributed by atoms with Gasteiger partial charge in [0, 0.05) is 36.6 Å². The molecule has 0 aliphatic carbocycles. The number of anilines is 5. The third kappa shape index (κ3) is 11.8. The number of amides is 1. The molecule has 0 aliphatic rings. The smallest absolute Gasteiger partial charge is 0.251 e. The summed E-state index contributed by atoms with van der Waals surface area (Å²) in [6.07, 6.45) is 0.731. The lowest BCUT2D eigenvalue weighted by Crippen LogP contribution is -2.22. The van der Waals surface area contributed by atoms with E-state index in [2.05, 4.69) is 36.2 Å². The third-order valence-electron chi connectivity index (χ3n) is 6.58.